The third-order valence-corrected chi connectivity index (χ3v) is 5.19. The van der Waals surface area contributed by atoms with Crippen LogP contribution in [0.3, 0.4) is 0 Å². The first kappa shape index (κ1) is 15.0. The number of nitrogens with zero attached hydrogens (tertiary/aromatic N) is 4. The van der Waals surface area contributed by atoms with E-state index in [1.54, 1.807) is 0 Å². The smallest absolute Gasteiger partial charge is 0.162 e. The highest BCUT2D eigenvalue weighted by Crippen LogP contribution is 2.34. The Balaban J connectivity index is 1.30. The van der Waals surface area contributed by atoms with Crippen molar-refractivity contribution in [2.24, 2.45) is 0 Å². The van der Waals surface area contributed by atoms with Crippen LogP contribution in [0, 0.1) is 0 Å². The number of benzene rings is 1. The fourth-order valence-electron chi connectivity index (χ4n) is 3.61. The Morgan fingerprint density at radius 2 is 1.64 bits per heavy atom. The molecule has 0 unspecified atom stereocenters. The largest absolute Gasteiger partial charge is 0.486 e. The van der Waals surface area contributed by atoms with Crippen LogP contribution in [0.15, 0.2) is 30.3 Å². The zero-order valence-electron chi connectivity index (χ0n) is 14.2. The van der Waals surface area contributed by atoms with Crippen LogP contribution in [-0.4, -0.2) is 60.5 Å². The monoisotopic (exact) mass is 338 g/mol. The molecule has 2 aliphatic heterocycles. The van der Waals surface area contributed by atoms with E-state index in [0.717, 1.165) is 60.8 Å². The summed E-state index contributed by atoms with van der Waals surface area (Å²) in [5, 5.41) is 8.90. The van der Waals surface area contributed by atoms with Crippen molar-refractivity contribution in [1.29, 1.82) is 0 Å². The maximum atomic E-state index is 5.65. The summed E-state index contributed by atoms with van der Waals surface area (Å²) >= 11 is 0. The number of aromatic nitrogens is 2. The Hall–Kier alpha value is -2.34. The molecule has 0 atom stereocenters. The molecule has 1 aromatic carbocycles. The van der Waals surface area contributed by atoms with E-state index in [0.29, 0.717) is 13.2 Å². The van der Waals surface area contributed by atoms with Gasteiger partial charge in [-0.15, -0.1) is 10.2 Å². The maximum Gasteiger partial charge on any atom is 0.162 e. The van der Waals surface area contributed by atoms with Crippen LogP contribution < -0.4 is 14.4 Å². The molecular formula is C19H22N4O2. The molecule has 0 amide bonds. The second kappa shape index (κ2) is 6.19. The molecule has 0 N–H and O–H groups in total. The van der Waals surface area contributed by atoms with Gasteiger partial charge in [-0.1, -0.05) is 0 Å². The van der Waals surface area contributed by atoms with Crippen LogP contribution >= 0.6 is 0 Å². The molecule has 25 heavy (non-hydrogen) atoms. The van der Waals surface area contributed by atoms with Crippen molar-refractivity contribution in [2.75, 3.05) is 44.3 Å². The highest BCUT2D eigenvalue weighted by Gasteiger charge is 2.31. The molecule has 0 radical (unpaired) electrons. The van der Waals surface area contributed by atoms with Crippen molar-refractivity contribution >= 4 is 5.82 Å². The van der Waals surface area contributed by atoms with Gasteiger partial charge in [-0.2, -0.15) is 0 Å². The lowest BCUT2D eigenvalue weighted by molar-refractivity contribution is 0.171. The van der Waals surface area contributed by atoms with E-state index in [4.69, 9.17) is 9.47 Å². The van der Waals surface area contributed by atoms with E-state index < -0.39 is 0 Å². The highest BCUT2D eigenvalue weighted by atomic mass is 16.6. The molecule has 6 nitrogen and oxygen atoms in total. The van der Waals surface area contributed by atoms with Gasteiger partial charge in [-0.25, -0.2) is 0 Å². The van der Waals surface area contributed by atoms with Gasteiger partial charge in [0.1, 0.15) is 13.2 Å². The predicted octanol–water partition coefficient (Wildman–Crippen LogP) is 2.20. The lowest BCUT2D eigenvalue weighted by atomic mass is 10.1. The number of hydrogen-bond acceptors (Lipinski definition) is 6. The molecule has 6 heteroatoms. The van der Waals surface area contributed by atoms with E-state index in [9.17, 15) is 0 Å². The summed E-state index contributed by atoms with van der Waals surface area (Å²) in [4.78, 5) is 4.94. The molecule has 3 aliphatic rings. The predicted molar refractivity (Wildman–Crippen MR) is 95.3 cm³/mol. The highest BCUT2D eigenvalue weighted by molar-refractivity contribution is 5.64. The van der Waals surface area contributed by atoms with Crippen molar-refractivity contribution < 1.29 is 9.47 Å². The van der Waals surface area contributed by atoms with Crippen LogP contribution in [0.2, 0.25) is 0 Å². The van der Waals surface area contributed by atoms with Crippen molar-refractivity contribution in [3.05, 3.63) is 30.3 Å². The molecule has 2 aromatic rings. The van der Waals surface area contributed by atoms with Gasteiger partial charge in [0.2, 0.25) is 0 Å². The number of piperazine rings is 1. The molecule has 5 rings (SSSR count). The lowest BCUT2D eigenvalue weighted by Crippen LogP contribution is -2.47. The summed E-state index contributed by atoms with van der Waals surface area (Å²) in [6.07, 6.45) is 2.76. The summed E-state index contributed by atoms with van der Waals surface area (Å²) in [6, 6.07) is 10.9. The summed E-state index contributed by atoms with van der Waals surface area (Å²) < 4.78 is 11.2. The topological polar surface area (TPSA) is 50.7 Å². The van der Waals surface area contributed by atoms with Gasteiger partial charge in [0.25, 0.3) is 0 Å². The van der Waals surface area contributed by atoms with E-state index >= 15 is 0 Å². The van der Waals surface area contributed by atoms with Crippen LogP contribution in [-0.2, 0) is 0 Å². The Morgan fingerprint density at radius 3 is 2.36 bits per heavy atom. The van der Waals surface area contributed by atoms with Gasteiger partial charge in [0.15, 0.2) is 17.3 Å². The van der Waals surface area contributed by atoms with Crippen molar-refractivity contribution in [3.63, 3.8) is 0 Å². The average Bonchev–Trinajstić information content (AvgIpc) is 3.53. The fourth-order valence-corrected chi connectivity index (χ4v) is 3.61. The molecule has 1 saturated carbocycles. The van der Waals surface area contributed by atoms with Crippen LogP contribution in [0.1, 0.15) is 12.8 Å². The Bertz CT molecular complexity index is 753. The normalized spacial score (nSPS) is 20.6. The Kier molecular flexibility index (Phi) is 3.70. The molecular weight excluding hydrogens is 316 g/mol. The molecule has 0 bridgehead atoms. The first-order valence-electron chi connectivity index (χ1n) is 9.09. The zero-order chi connectivity index (χ0) is 16.6. The summed E-state index contributed by atoms with van der Waals surface area (Å²) in [5.74, 6) is 2.55. The summed E-state index contributed by atoms with van der Waals surface area (Å²) in [5.41, 5.74) is 1.86. The van der Waals surface area contributed by atoms with E-state index in [1.165, 1.54) is 12.8 Å². The number of ether oxygens (including phenoxy) is 2. The molecule has 1 aromatic heterocycles. The minimum absolute atomic E-state index is 0.591. The second-order valence-electron chi connectivity index (χ2n) is 6.89. The van der Waals surface area contributed by atoms with E-state index in [-0.39, 0.29) is 0 Å². The number of anilines is 1. The molecule has 0 spiro atoms. The van der Waals surface area contributed by atoms with Crippen molar-refractivity contribution in [2.45, 2.75) is 18.9 Å². The minimum Gasteiger partial charge on any atom is -0.486 e. The average molecular weight is 338 g/mol. The van der Waals surface area contributed by atoms with Gasteiger partial charge in [-0.3, -0.25) is 4.90 Å². The van der Waals surface area contributed by atoms with Gasteiger partial charge >= 0.3 is 0 Å². The maximum absolute atomic E-state index is 5.65. The van der Waals surface area contributed by atoms with Crippen molar-refractivity contribution in [3.8, 4) is 22.8 Å². The van der Waals surface area contributed by atoms with Crippen molar-refractivity contribution in [1.82, 2.24) is 15.1 Å². The standard InChI is InChI=1S/C19H22N4O2/c1-5-17-18(25-12-11-24-17)13-14(1)16-4-6-19(21-20-16)23-9-7-22(8-10-23)15-2-3-15/h1,4-6,13,15H,2-3,7-12H2. The summed E-state index contributed by atoms with van der Waals surface area (Å²) in [6.45, 7) is 5.54. The molecule has 1 saturated heterocycles. The van der Waals surface area contributed by atoms with E-state index in [2.05, 4.69) is 26.1 Å². The molecule has 1 aliphatic carbocycles. The van der Waals surface area contributed by atoms with Gasteiger partial charge in [-0.05, 0) is 43.2 Å². The fraction of sp³-hybridized carbons (Fsp3) is 0.474. The van der Waals surface area contributed by atoms with E-state index in [1.807, 2.05) is 24.3 Å². The number of fused-ring (bicyclic) bond motifs is 1. The SMILES string of the molecule is c1cc2c(cc1-c1ccc(N3CCN(C4CC4)CC3)nn1)OCCO2. The Morgan fingerprint density at radius 1 is 0.840 bits per heavy atom. The van der Waals surface area contributed by atoms with Crippen LogP contribution in [0.5, 0.6) is 11.5 Å². The third kappa shape index (κ3) is 3.02. The molecule has 3 heterocycles. The Labute approximate surface area is 147 Å². The van der Waals surface area contributed by atoms with Gasteiger partial charge < -0.3 is 14.4 Å². The quantitative estimate of drug-likeness (QED) is 0.855. The van der Waals surface area contributed by atoms with Gasteiger partial charge in [0, 0.05) is 37.8 Å². The second-order valence-corrected chi connectivity index (χ2v) is 6.89. The first-order chi connectivity index (χ1) is 12.4. The molecule has 130 valence electrons. The minimum atomic E-state index is 0.591. The number of rotatable bonds is 3. The van der Waals surface area contributed by atoms with Crippen LogP contribution in [0.25, 0.3) is 11.3 Å². The lowest BCUT2D eigenvalue weighted by Gasteiger charge is -2.35. The number of hydrogen-bond donors (Lipinski definition) is 0. The van der Waals surface area contributed by atoms with Crippen LogP contribution in [0.4, 0.5) is 5.82 Å². The molecule has 2 fully saturated rings. The third-order valence-electron chi connectivity index (χ3n) is 5.19. The summed E-state index contributed by atoms with van der Waals surface area (Å²) in [7, 11) is 0. The zero-order valence-corrected chi connectivity index (χ0v) is 14.2. The first-order valence-corrected chi connectivity index (χ1v) is 9.09. The van der Waals surface area contributed by atoms with Gasteiger partial charge in [0.05, 0.1) is 5.69 Å².